The predicted octanol–water partition coefficient (Wildman–Crippen LogP) is 3.17. The standard InChI is InChI=1S/C16H20FN3O2S/c1-11(16-18-8-13(17)9-19-16)10-23-20-7-12-4-5-14(21-2)6-15(12)22-3/h4-6,8-9,11,20H,7,10H2,1-3H3. The van der Waals surface area contributed by atoms with Gasteiger partial charge in [-0.05, 0) is 6.07 Å². The molecule has 5 nitrogen and oxygen atoms in total. The zero-order valence-electron chi connectivity index (χ0n) is 13.4. The molecule has 0 aliphatic carbocycles. The summed E-state index contributed by atoms with van der Waals surface area (Å²) in [7, 11) is 3.26. The normalized spacial score (nSPS) is 12.0. The molecule has 23 heavy (non-hydrogen) atoms. The van der Waals surface area contributed by atoms with E-state index in [1.807, 2.05) is 25.1 Å². The Morgan fingerprint density at radius 3 is 2.61 bits per heavy atom. The van der Waals surface area contributed by atoms with Crippen molar-refractivity contribution in [2.75, 3.05) is 20.0 Å². The van der Waals surface area contributed by atoms with Crippen LogP contribution < -0.4 is 14.2 Å². The average molecular weight is 337 g/mol. The van der Waals surface area contributed by atoms with E-state index in [1.54, 1.807) is 26.2 Å². The molecular weight excluding hydrogens is 317 g/mol. The molecule has 0 aliphatic heterocycles. The molecule has 0 saturated heterocycles. The predicted molar refractivity (Wildman–Crippen MR) is 89.2 cm³/mol. The van der Waals surface area contributed by atoms with Gasteiger partial charge >= 0.3 is 0 Å². The van der Waals surface area contributed by atoms with Gasteiger partial charge in [0.1, 0.15) is 17.3 Å². The maximum absolute atomic E-state index is 12.8. The Hall–Kier alpha value is -1.86. The highest BCUT2D eigenvalue weighted by Crippen LogP contribution is 2.25. The number of rotatable bonds is 8. The smallest absolute Gasteiger partial charge is 0.159 e. The average Bonchev–Trinajstić information content (AvgIpc) is 2.59. The lowest BCUT2D eigenvalue weighted by Crippen LogP contribution is -2.10. The van der Waals surface area contributed by atoms with E-state index < -0.39 is 5.82 Å². The third kappa shape index (κ3) is 5.07. The van der Waals surface area contributed by atoms with Gasteiger partial charge in [-0.3, -0.25) is 4.72 Å². The number of ether oxygens (including phenoxy) is 2. The number of methoxy groups -OCH3 is 2. The van der Waals surface area contributed by atoms with Crippen LogP contribution >= 0.6 is 11.9 Å². The Bertz CT molecular complexity index is 625. The maximum Gasteiger partial charge on any atom is 0.159 e. The first-order valence-electron chi connectivity index (χ1n) is 7.17. The molecule has 2 rings (SSSR count). The second-order valence-electron chi connectivity index (χ2n) is 4.97. The number of benzene rings is 1. The molecule has 1 aromatic carbocycles. The first kappa shape index (κ1) is 17.5. The maximum atomic E-state index is 12.8. The fourth-order valence-corrected chi connectivity index (χ4v) is 2.74. The Morgan fingerprint density at radius 2 is 1.96 bits per heavy atom. The van der Waals surface area contributed by atoms with Crippen LogP contribution in [0.3, 0.4) is 0 Å². The zero-order valence-corrected chi connectivity index (χ0v) is 14.2. The van der Waals surface area contributed by atoms with Crippen molar-refractivity contribution in [3.8, 4) is 11.5 Å². The summed E-state index contributed by atoms with van der Waals surface area (Å²) < 4.78 is 26.6. The van der Waals surface area contributed by atoms with Crippen molar-refractivity contribution in [3.05, 3.63) is 47.8 Å². The molecule has 124 valence electrons. The molecule has 0 saturated carbocycles. The molecule has 0 spiro atoms. The zero-order chi connectivity index (χ0) is 16.7. The minimum atomic E-state index is -0.418. The van der Waals surface area contributed by atoms with E-state index in [1.165, 1.54) is 12.4 Å². The highest BCUT2D eigenvalue weighted by molar-refractivity contribution is 7.97. The lowest BCUT2D eigenvalue weighted by Gasteiger charge is -2.12. The van der Waals surface area contributed by atoms with Gasteiger partial charge in [0.05, 0.1) is 26.6 Å². The summed E-state index contributed by atoms with van der Waals surface area (Å²) in [6.45, 7) is 2.67. The number of nitrogens with zero attached hydrogens (tertiary/aromatic N) is 2. The Balaban J connectivity index is 1.82. The van der Waals surface area contributed by atoms with Crippen molar-refractivity contribution >= 4 is 11.9 Å². The quantitative estimate of drug-likeness (QED) is 0.590. The number of aromatic nitrogens is 2. The lowest BCUT2D eigenvalue weighted by molar-refractivity contribution is 0.391. The number of halogens is 1. The number of nitrogens with one attached hydrogen (secondary N) is 1. The largest absolute Gasteiger partial charge is 0.497 e. The fourth-order valence-electron chi connectivity index (χ4n) is 1.96. The van der Waals surface area contributed by atoms with Gasteiger partial charge in [-0.15, -0.1) is 0 Å². The first-order valence-corrected chi connectivity index (χ1v) is 8.15. The Morgan fingerprint density at radius 1 is 1.22 bits per heavy atom. The van der Waals surface area contributed by atoms with Crippen LogP contribution in [0.2, 0.25) is 0 Å². The second kappa shape index (κ2) is 8.69. The van der Waals surface area contributed by atoms with E-state index >= 15 is 0 Å². The van der Waals surface area contributed by atoms with Crippen LogP contribution in [0.1, 0.15) is 24.2 Å². The van der Waals surface area contributed by atoms with Crippen molar-refractivity contribution in [1.82, 2.24) is 14.7 Å². The SMILES string of the molecule is COc1ccc(CNSCC(C)c2ncc(F)cn2)c(OC)c1. The van der Waals surface area contributed by atoms with Gasteiger partial charge in [-0.2, -0.15) is 0 Å². The van der Waals surface area contributed by atoms with Crippen molar-refractivity contribution in [1.29, 1.82) is 0 Å². The molecular formula is C16H20FN3O2S. The molecule has 1 aromatic heterocycles. The molecule has 0 bridgehead atoms. The molecule has 0 fully saturated rings. The first-order chi connectivity index (χ1) is 11.1. The highest BCUT2D eigenvalue weighted by atomic mass is 32.2. The summed E-state index contributed by atoms with van der Waals surface area (Å²) in [6, 6.07) is 5.73. The summed E-state index contributed by atoms with van der Waals surface area (Å²) in [6.07, 6.45) is 2.39. The van der Waals surface area contributed by atoms with Gasteiger partial charge in [-0.1, -0.05) is 24.9 Å². The van der Waals surface area contributed by atoms with E-state index in [0.717, 1.165) is 22.8 Å². The van der Waals surface area contributed by atoms with E-state index in [4.69, 9.17) is 9.47 Å². The van der Waals surface area contributed by atoms with Gasteiger partial charge in [0.15, 0.2) is 5.82 Å². The van der Waals surface area contributed by atoms with Crippen LogP contribution in [0.5, 0.6) is 11.5 Å². The van der Waals surface area contributed by atoms with Crippen LogP contribution in [0.15, 0.2) is 30.6 Å². The van der Waals surface area contributed by atoms with Gasteiger partial charge in [-0.25, -0.2) is 14.4 Å². The summed E-state index contributed by atoms with van der Waals surface area (Å²) in [4.78, 5) is 8.00. The van der Waals surface area contributed by atoms with Crippen molar-refractivity contribution in [2.24, 2.45) is 0 Å². The van der Waals surface area contributed by atoms with Gasteiger partial charge in [0.25, 0.3) is 0 Å². The molecule has 7 heteroatoms. The van der Waals surface area contributed by atoms with Crippen LogP contribution in [0, 0.1) is 5.82 Å². The van der Waals surface area contributed by atoms with Gasteiger partial charge in [0.2, 0.25) is 0 Å². The second-order valence-corrected chi connectivity index (χ2v) is 5.88. The van der Waals surface area contributed by atoms with Crippen LogP contribution in [0.25, 0.3) is 0 Å². The fraction of sp³-hybridized carbons (Fsp3) is 0.375. The summed E-state index contributed by atoms with van der Waals surface area (Å²) >= 11 is 1.57. The number of hydrogen-bond acceptors (Lipinski definition) is 6. The summed E-state index contributed by atoms with van der Waals surface area (Å²) in [5.41, 5.74) is 1.05. The van der Waals surface area contributed by atoms with E-state index in [-0.39, 0.29) is 5.92 Å². The molecule has 1 heterocycles. The summed E-state index contributed by atoms with van der Waals surface area (Å²) in [5.74, 6) is 2.68. The number of hydrogen-bond donors (Lipinski definition) is 1. The third-order valence-electron chi connectivity index (χ3n) is 3.27. The topological polar surface area (TPSA) is 56.3 Å². The lowest BCUT2D eigenvalue weighted by atomic mass is 10.2. The molecule has 1 atom stereocenters. The Kier molecular flexibility index (Phi) is 6.61. The molecule has 0 amide bonds. The molecule has 2 aromatic rings. The van der Waals surface area contributed by atoms with Crippen LogP contribution in [0.4, 0.5) is 4.39 Å². The monoisotopic (exact) mass is 337 g/mol. The molecule has 1 N–H and O–H groups in total. The minimum Gasteiger partial charge on any atom is -0.497 e. The van der Waals surface area contributed by atoms with Crippen molar-refractivity contribution in [3.63, 3.8) is 0 Å². The van der Waals surface area contributed by atoms with Crippen molar-refractivity contribution < 1.29 is 13.9 Å². The minimum absolute atomic E-state index is 0.130. The van der Waals surface area contributed by atoms with Gasteiger partial charge < -0.3 is 9.47 Å². The molecule has 1 unspecified atom stereocenters. The van der Waals surface area contributed by atoms with Crippen LogP contribution in [-0.2, 0) is 6.54 Å². The Labute approximate surface area is 139 Å². The third-order valence-corrected chi connectivity index (χ3v) is 4.29. The van der Waals surface area contributed by atoms with Crippen molar-refractivity contribution in [2.45, 2.75) is 19.4 Å². The van der Waals surface area contributed by atoms with E-state index in [2.05, 4.69) is 14.7 Å². The van der Waals surface area contributed by atoms with E-state index in [9.17, 15) is 4.39 Å². The van der Waals surface area contributed by atoms with Gasteiger partial charge in [0, 0.05) is 29.8 Å². The molecule has 0 aliphatic rings. The molecule has 0 radical (unpaired) electrons. The van der Waals surface area contributed by atoms with E-state index in [0.29, 0.717) is 12.4 Å². The van der Waals surface area contributed by atoms with Crippen LogP contribution in [-0.4, -0.2) is 29.9 Å². The summed E-state index contributed by atoms with van der Waals surface area (Å²) in [5, 5.41) is 0. The highest BCUT2D eigenvalue weighted by Gasteiger charge is 2.10.